The summed E-state index contributed by atoms with van der Waals surface area (Å²) in [7, 11) is 0. The number of hydrogen-bond donors (Lipinski definition) is 2. The Balaban J connectivity index is -0.0000000711. The molecule has 0 heterocycles. The first kappa shape index (κ1) is 27.1. The Morgan fingerprint density at radius 1 is 1.05 bits per heavy atom. The zero-order valence-electron chi connectivity index (χ0n) is 11.8. The van der Waals surface area contributed by atoms with Gasteiger partial charge in [-0.2, -0.15) is 9.59 Å². The first-order valence-corrected chi connectivity index (χ1v) is 5.45. The van der Waals surface area contributed by atoms with Gasteiger partial charge in [0.25, 0.3) is 0 Å². The first-order chi connectivity index (χ1) is 9.22. The van der Waals surface area contributed by atoms with Gasteiger partial charge in [-0.15, -0.1) is 0 Å². The van der Waals surface area contributed by atoms with Gasteiger partial charge < -0.3 is 41.2 Å². The third-order valence-corrected chi connectivity index (χ3v) is 1.66. The van der Waals surface area contributed by atoms with Crippen molar-refractivity contribution >= 4 is 24.1 Å². The summed E-state index contributed by atoms with van der Waals surface area (Å²) < 4.78 is 0. The summed E-state index contributed by atoms with van der Waals surface area (Å²) in [6, 6.07) is -0.960. The van der Waals surface area contributed by atoms with Crippen LogP contribution < -0.4 is 26.8 Å². The van der Waals surface area contributed by atoms with Gasteiger partial charge in [0.2, 0.25) is 0 Å². The van der Waals surface area contributed by atoms with Gasteiger partial charge in [0.05, 0.1) is 12.5 Å². The summed E-state index contributed by atoms with van der Waals surface area (Å²) in [6.07, 6.45) is 0.693. The molecule has 10 nitrogen and oxygen atoms in total. The molecule has 0 saturated heterocycles. The molecule has 1 unspecified atom stereocenters. The van der Waals surface area contributed by atoms with Gasteiger partial charge in [-0.05, 0) is 12.8 Å². The van der Waals surface area contributed by atoms with Crippen LogP contribution in [-0.2, 0) is 24.0 Å². The van der Waals surface area contributed by atoms with Gasteiger partial charge in [0.1, 0.15) is 6.04 Å². The van der Waals surface area contributed by atoms with E-state index >= 15 is 0 Å². The lowest BCUT2D eigenvalue weighted by molar-refractivity contribution is -0.438. The lowest BCUT2D eigenvalue weighted by Crippen LogP contribution is -2.68. The van der Waals surface area contributed by atoms with Crippen molar-refractivity contribution < 1.29 is 52.2 Å². The zero-order chi connectivity index (χ0) is 16.6. The normalized spacial score (nSPS) is 9.24. The van der Waals surface area contributed by atoms with E-state index in [0.29, 0.717) is 13.0 Å². The molecule has 0 saturated carbocycles. The maximum absolute atomic E-state index is 9.92. The van der Waals surface area contributed by atoms with E-state index in [1.807, 2.05) is 0 Å². The summed E-state index contributed by atoms with van der Waals surface area (Å²) >= 11 is 0. The second-order valence-electron chi connectivity index (χ2n) is 3.34. The van der Waals surface area contributed by atoms with Crippen molar-refractivity contribution in [3.8, 4) is 0 Å². The van der Waals surface area contributed by atoms with Gasteiger partial charge in [0.15, 0.2) is 0 Å². The Morgan fingerprint density at radius 2 is 1.43 bits per heavy atom. The Bertz CT molecular complexity index is 332. The second-order valence-corrected chi connectivity index (χ2v) is 3.34. The molecule has 0 bridgehead atoms. The number of rotatable bonds is 7. The van der Waals surface area contributed by atoms with Crippen molar-refractivity contribution in [2.24, 2.45) is 0 Å². The molecule has 0 rings (SSSR count). The van der Waals surface area contributed by atoms with E-state index in [1.54, 1.807) is 0 Å². The second kappa shape index (κ2) is 20.0. The summed E-state index contributed by atoms with van der Waals surface area (Å²) in [5, 5.41) is 29.3. The molecule has 0 aliphatic carbocycles. The number of aliphatic carboxylic acids is 3. The van der Waals surface area contributed by atoms with E-state index < -0.39 is 23.9 Å². The van der Waals surface area contributed by atoms with Crippen LogP contribution in [0, 0.1) is 0 Å². The molecule has 0 aromatic heterocycles. The summed E-state index contributed by atoms with van der Waals surface area (Å²) in [5.74, 6) is -3.58. The highest BCUT2D eigenvalue weighted by atomic mass is 16.4. The van der Waals surface area contributed by atoms with Crippen molar-refractivity contribution in [2.75, 3.05) is 6.54 Å². The van der Waals surface area contributed by atoms with Crippen LogP contribution in [0.15, 0.2) is 0 Å². The molecule has 0 fully saturated rings. The minimum atomic E-state index is -1.33. The van der Waals surface area contributed by atoms with Crippen LogP contribution in [0.25, 0.3) is 0 Å². The van der Waals surface area contributed by atoms with Crippen LogP contribution >= 0.6 is 0 Å². The average molecular weight is 310 g/mol. The molecular formula is C11H22N2O8. The van der Waals surface area contributed by atoms with Gasteiger partial charge in [-0.25, -0.2) is 0 Å². The molecule has 1 atom stereocenters. The molecule has 124 valence electrons. The molecule has 0 aliphatic rings. The van der Waals surface area contributed by atoms with Crippen LogP contribution in [0.3, 0.4) is 0 Å². The Morgan fingerprint density at radius 3 is 1.62 bits per heavy atom. The molecule has 0 aromatic carbocycles. The van der Waals surface area contributed by atoms with Crippen LogP contribution in [0.1, 0.15) is 34.5 Å². The standard InChI is InChI=1S/C5H9NO4.C4H9NO2.CO2.CH4/c6-3(5(9)10)1-2-4(7)8;5-3-1-2-4(6)7;2-1-3;/h3H,1-2,6H2,(H,7,8)(H,9,10);1-3,5H2,(H,6,7);;1H4. The lowest BCUT2D eigenvalue weighted by Gasteiger charge is -2.08. The molecule has 0 radical (unpaired) electrons. The number of carbonyl (C=O) groups excluding carboxylic acids is 5. The molecule has 0 amide bonds. The Kier molecular flexibility index (Phi) is 25.9. The van der Waals surface area contributed by atoms with Gasteiger partial charge in [0, 0.05) is 24.8 Å². The summed E-state index contributed by atoms with van der Waals surface area (Å²) in [4.78, 5) is 45.6. The van der Waals surface area contributed by atoms with E-state index in [-0.39, 0.29) is 34.3 Å². The predicted molar refractivity (Wildman–Crippen MR) is 60.8 cm³/mol. The van der Waals surface area contributed by atoms with Gasteiger partial charge in [-0.3, -0.25) is 0 Å². The molecule has 0 aromatic rings. The fraction of sp³-hybridized carbons (Fsp3) is 0.636. The zero-order valence-corrected chi connectivity index (χ0v) is 10.8. The SMILES string of the molecule is C.O=C=O.[H+].[NH3+]C(CCC(=O)[O-])C(=O)[O-].[NH3+]CCCC(=O)[O-]. The number of hydrogen-bond acceptors (Lipinski definition) is 8. The highest BCUT2D eigenvalue weighted by molar-refractivity contribution is 5.71. The molecule has 21 heavy (non-hydrogen) atoms. The number of carbonyl (C=O) groups is 3. The van der Waals surface area contributed by atoms with Crippen molar-refractivity contribution in [1.29, 1.82) is 0 Å². The average Bonchev–Trinajstić information content (AvgIpc) is 2.34. The quantitative estimate of drug-likeness (QED) is 0.460. The maximum Gasteiger partial charge on any atom is 1.00 e. The molecular weight excluding hydrogens is 288 g/mol. The van der Waals surface area contributed by atoms with Crippen LogP contribution in [0.4, 0.5) is 0 Å². The minimum Gasteiger partial charge on any atom is -0.550 e. The van der Waals surface area contributed by atoms with Crippen molar-refractivity contribution in [3.05, 3.63) is 0 Å². The van der Waals surface area contributed by atoms with Crippen LogP contribution in [0.5, 0.6) is 0 Å². The number of carboxylic acids is 3. The van der Waals surface area contributed by atoms with E-state index in [2.05, 4.69) is 11.5 Å². The Labute approximate surface area is 123 Å². The van der Waals surface area contributed by atoms with Crippen LogP contribution in [0.2, 0.25) is 0 Å². The summed E-state index contributed by atoms with van der Waals surface area (Å²) in [5.41, 5.74) is 6.62. The lowest BCUT2D eigenvalue weighted by atomic mass is 10.2. The van der Waals surface area contributed by atoms with Gasteiger partial charge in [-0.1, -0.05) is 7.43 Å². The fourth-order valence-electron chi connectivity index (χ4n) is 0.679. The highest BCUT2D eigenvalue weighted by Gasteiger charge is 2.05. The monoisotopic (exact) mass is 310 g/mol. The van der Waals surface area contributed by atoms with Crippen molar-refractivity contribution in [1.82, 2.24) is 0 Å². The first-order valence-electron chi connectivity index (χ1n) is 5.45. The Hall–Kier alpha value is -2.29. The fourth-order valence-corrected chi connectivity index (χ4v) is 0.679. The maximum atomic E-state index is 9.92. The van der Waals surface area contributed by atoms with Crippen molar-refractivity contribution in [3.63, 3.8) is 0 Å². The highest BCUT2D eigenvalue weighted by Crippen LogP contribution is 1.88. The molecule has 0 spiro atoms. The minimum absolute atomic E-state index is 0. The topological polar surface area (TPSA) is 210 Å². The van der Waals surface area contributed by atoms with Gasteiger partial charge >= 0.3 is 7.58 Å². The number of quaternary nitrogens is 2. The molecule has 0 aliphatic heterocycles. The molecule has 6 N–H and O–H groups in total. The predicted octanol–water partition coefficient (Wildman–Crippen LogP) is -6.20. The molecule has 10 heteroatoms. The third kappa shape index (κ3) is 38.1. The summed E-state index contributed by atoms with van der Waals surface area (Å²) in [6.45, 7) is 0.675. The van der Waals surface area contributed by atoms with Crippen LogP contribution in [-0.4, -0.2) is 36.6 Å². The van der Waals surface area contributed by atoms with E-state index in [9.17, 15) is 29.7 Å². The van der Waals surface area contributed by atoms with E-state index in [0.717, 1.165) is 0 Å². The number of carboxylic acid groups (broad SMARTS) is 3. The van der Waals surface area contributed by atoms with E-state index in [1.165, 1.54) is 0 Å². The van der Waals surface area contributed by atoms with E-state index in [4.69, 9.17) is 9.59 Å². The third-order valence-electron chi connectivity index (χ3n) is 1.66. The van der Waals surface area contributed by atoms with Crippen molar-refractivity contribution in [2.45, 2.75) is 39.2 Å². The largest absolute Gasteiger partial charge is 1.00 e. The smallest absolute Gasteiger partial charge is 0.550 e.